The summed E-state index contributed by atoms with van der Waals surface area (Å²) in [5, 5.41) is 2.61. The molecule has 1 amide bonds. The zero-order valence-corrected chi connectivity index (χ0v) is 9.51. The molecule has 16 heavy (non-hydrogen) atoms. The molecule has 1 heterocycles. The molecule has 92 valence electrons. The van der Waals surface area contributed by atoms with Gasteiger partial charge >= 0.3 is 0 Å². The van der Waals surface area contributed by atoms with Crippen LogP contribution in [-0.4, -0.2) is 42.4 Å². The van der Waals surface area contributed by atoms with Crippen LogP contribution < -0.4 is 5.32 Å². The van der Waals surface area contributed by atoms with E-state index < -0.39 is 12.0 Å². The number of carbonyl (C=O) groups is 1. The van der Waals surface area contributed by atoms with E-state index in [2.05, 4.69) is 5.32 Å². The van der Waals surface area contributed by atoms with E-state index in [1.54, 1.807) is 4.90 Å². The smallest absolute Gasteiger partial charge is 0.262 e. The summed E-state index contributed by atoms with van der Waals surface area (Å²) in [6.07, 6.45) is 1.98. The van der Waals surface area contributed by atoms with Crippen LogP contribution in [-0.2, 0) is 4.79 Å². The van der Waals surface area contributed by atoms with Crippen LogP contribution in [0.2, 0.25) is 0 Å². The molecule has 0 aromatic rings. The van der Waals surface area contributed by atoms with Crippen LogP contribution in [0, 0.1) is 5.92 Å². The van der Waals surface area contributed by atoms with Gasteiger partial charge in [-0.05, 0) is 25.7 Å². The number of hydrogen-bond acceptors (Lipinski definition) is 2. The molecular formula is C11H18F2N2O. The van der Waals surface area contributed by atoms with Gasteiger partial charge in [0.15, 0.2) is 0 Å². The molecule has 0 aromatic heterocycles. The van der Waals surface area contributed by atoms with Crippen LogP contribution in [0.1, 0.15) is 26.2 Å². The van der Waals surface area contributed by atoms with Crippen LogP contribution in [0.4, 0.5) is 8.78 Å². The number of amides is 1. The van der Waals surface area contributed by atoms with E-state index in [1.807, 2.05) is 6.92 Å². The number of likely N-dealkylation sites (N-methyl/N-ethyl adjacent to an activating group) is 1. The third-order valence-corrected chi connectivity index (χ3v) is 3.28. The van der Waals surface area contributed by atoms with E-state index >= 15 is 0 Å². The quantitative estimate of drug-likeness (QED) is 0.791. The molecule has 0 radical (unpaired) electrons. The minimum atomic E-state index is -2.72. The molecule has 2 rings (SSSR count). The molecule has 1 unspecified atom stereocenters. The molecule has 1 atom stereocenters. The van der Waals surface area contributed by atoms with Crippen molar-refractivity contribution in [2.75, 3.05) is 19.6 Å². The van der Waals surface area contributed by atoms with E-state index in [0.29, 0.717) is 12.5 Å². The van der Waals surface area contributed by atoms with Gasteiger partial charge in [0.05, 0.1) is 12.6 Å². The normalized spacial score (nSPS) is 28.1. The summed E-state index contributed by atoms with van der Waals surface area (Å²) in [5.74, 6) is -2.28. The molecular weight excluding hydrogens is 214 g/mol. The number of nitrogens with zero attached hydrogens (tertiary/aromatic N) is 1. The van der Waals surface area contributed by atoms with Crippen molar-refractivity contribution in [3.63, 3.8) is 0 Å². The molecule has 0 spiro atoms. The van der Waals surface area contributed by atoms with Gasteiger partial charge in [0.2, 0.25) is 5.91 Å². The van der Waals surface area contributed by atoms with Gasteiger partial charge in [-0.15, -0.1) is 0 Å². The first-order valence-corrected chi connectivity index (χ1v) is 5.92. The van der Waals surface area contributed by atoms with E-state index in [-0.39, 0.29) is 18.9 Å². The predicted molar refractivity (Wildman–Crippen MR) is 56.3 cm³/mol. The second-order valence-corrected chi connectivity index (χ2v) is 4.81. The standard InChI is InChI=1S/C11H18F2N2O/c1-2-15(6-8-3-4-8)10(16)9-5-11(12,13)7-14-9/h8-9,14H,2-7H2,1H3. The van der Waals surface area contributed by atoms with Crippen molar-refractivity contribution in [3.05, 3.63) is 0 Å². The largest absolute Gasteiger partial charge is 0.341 e. The summed E-state index contributed by atoms with van der Waals surface area (Å²) in [6.45, 7) is 2.87. The van der Waals surface area contributed by atoms with Gasteiger partial charge < -0.3 is 4.90 Å². The molecule has 1 aliphatic carbocycles. The van der Waals surface area contributed by atoms with Crippen LogP contribution in [0.15, 0.2) is 0 Å². The Morgan fingerprint density at radius 1 is 1.50 bits per heavy atom. The van der Waals surface area contributed by atoms with Gasteiger partial charge in [-0.2, -0.15) is 0 Å². The van der Waals surface area contributed by atoms with Gasteiger partial charge in [-0.1, -0.05) is 0 Å². The molecule has 0 aromatic carbocycles. The lowest BCUT2D eigenvalue weighted by Crippen LogP contribution is -2.44. The number of hydrogen-bond donors (Lipinski definition) is 1. The summed E-state index contributed by atoms with van der Waals surface area (Å²) < 4.78 is 25.9. The highest BCUT2D eigenvalue weighted by Crippen LogP contribution is 2.31. The van der Waals surface area contributed by atoms with Crippen molar-refractivity contribution in [1.29, 1.82) is 0 Å². The second-order valence-electron chi connectivity index (χ2n) is 4.81. The minimum absolute atomic E-state index is 0.161. The van der Waals surface area contributed by atoms with Crippen molar-refractivity contribution in [1.82, 2.24) is 10.2 Å². The maximum absolute atomic E-state index is 13.0. The fourth-order valence-electron chi connectivity index (χ4n) is 2.10. The third kappa shape index (κ3) is 2.70. The molecule has 1 aliphatic heterocycles. The fourth-order valence-corrected chi connectivity index (χ4v) is 2.10. The summed E-state index contributed by atoms with van der Waals surface area (Å²) in [7, 11) is 0. The highest BCUT2D eigenvalue weighted by Gasteiger charge is 2.43. The van der Waals surface area contributed by atoms with E-state index in [4.69, 9.17) is 0 Å². The van der Waals surface area contributed by atoms with Gasteiger partial charge in [0, 0.05) is 19.5 Å². The van der Waals surface area contributed by atoms with E-state index in [1.165, 1.54) is 0 Å². The van der Waals surface area contributed by atoms with Crippen molar-refractivity contribution in [3.8, 4) is 0 Å². The first-order chi connectivity index (χ1) is 7.52. The Kier molecular flexibility index (Phi) is 3.15. The summed E-state index contributed by atoms with van der Waals surface area (Å²) in [5.41, 5.74) is 0. The van der Waals surface area contributed by atoms with Crippen LogP contribution in [0.5, 0.6) is 0 Å². The fraction of sp³-hybridized carbons (Fsp3) is 0.909. The summed E-state index contributed by atoms with van der Waals surface area (Å²) >= 11 is 0. The third-order valence-electron chi connectivity index (χ3n) is 3.28. The van der Waals surface area contributed by atoms with Crippen LogP contribution in [0.25, 0.3) is 0 Å². The Balaban J connectivity index is 1.89. The lowest BCUT2D eigenvalue weighted by atomic mass is 10.1. The number of halogens is 2. The predicted octanol–water partition coefficient (Wildman–Crippen LogP) is 1.24. The average Bonchev–Trinajstić information content (AvgIpc) is 2.97. The molecule has 0 bridgehead atoms. The van der Waals surface area contributed by atoms with Crippen molar-refractivity contribution < 1.29 is 13.6 Å². The topological polar surface area (TPSA) is 32.3 Å². The van der Waals surface area contributed by atoms with Crippen molar-refractivity contribution >= 4 is 5.91 Å². The lowest BCUT2D eigenvalue weighted by molar-refractivity contribution is -0.133. The SMILES string of the molecule is CCN(CC1CC1)C(=O)C1CC(F)(F)CN1. The van der Waals surface area contributed by atoms with E-state index in [9.17, 15) is 13.6 Å². The molecule has 3 nitrogen and oxygen atoms in total. The maximum atomic E-state index is 13.0. The number of nitrogens with one attached hydrogen (secondary N) is 1. The second kappa shape index (κ2) is 4.28. The molecule has 2 fully saturated rings. The Labute approximate surface area is 94.2 Å². The monoisotopic (exact) mass is 232 g/mol. The Hall–Kier alpha value is -0.710. The molecule has 1 saturated heterocycles. The first kappa shape index (κ1) is 11.8. The highest BCUT2D eigenvalue weighted by atomic mass is 19.3. The van der Waals surface area contributed by atoms with E-state index in [0.717, 1.165) is 19.4 Å². The average molecular weight is 232 g/mol. The zero-order chi connectivity index (χ0) is 11.8. The van der Waals surface area contributed by atoms with Crippen molar-refractivity contribution in [2.24, 2.45) is 5.92 Å². The maximum Gasteiger partial charge on any atom is 0.262 e. The molecule has 1 N–H and O–H groups in total. The lowest BCUT2D eigenvalue weighted by Gasteiger charge is -2.24. The van der Waals surface area contributed by atoms with Gasteiger partial charge in [0.1, 0.15) is 0 Å². The first-order valence-electron chi connectivity index (χ1n) is 5.92. The van der Waals surface area contributed by atoms with Crippen LogP contribution in [0.3, 0.4) is 0 Å². The zero-order valence-electron chi connectivity index (χ0n) is 9.51. The van der Waals surface area contributed by atoms with Crippen molar-refractivity contribution in [2.45, 2.75) is 38.2 Å². The van der Waals surface area contributed by atoms with Gasteiger partial charge in [-0.3, -0.25) is 10.1 Å². The Bertz CT molecular complexity index is 275. The Morgan fingerprint density at radius 2 is 2.19 bits per heavy atom. The number of alkyl halides is 2. The van der Waals surface area contributed by atoms with Gasteiger partial charge in [0.25, 0.3) is 5.92 Å². The van der Waals surface area contributed by atoms with Gasteiger partial charge in [-0.25, -0.2) is 8.78 Å². The molecule has 5 heteroatoms. The number of rotatable bonds is 4. The number of carbonyl (C=O) groups excluding carboxylic acids is 1. The van der Waals surface area contributed by atoms with Crippen LogP contribution >= 0.6 is 0 Å². The summed E-state index contributed by atoms with van der Waals surface area (Å²) in [4.78, 5) is 13.7. The molecule has 1 saturated carbocycles. The minimum Gasteiger partial charge on any atom is -0.341 e. The summed E-state index contributed by atoms with van der Waals surface area (Å²) in [6, 6.07) is -0.686. The Morgan fingerprint density at radius 3 is 2.62 bits per heavy atom. The highest BCUT2D eigenvalue weighted by molar-refractivity contribution is 5.82. The molecule has 2 aliphatic rings.